The fourth-order valence-corrected chi connectivity index (χ4v) is 2.79. The second-order valence-corrected chi connectivity index (χ2v) is 7.26. The average Bonchev–Trinajstić information content (AvgIpc) is 2.88. The standard InChI is InChI=1S/C21H27NO4/c1-6-16-14(2)19(20(24)26-21(3,4)5)22-17(16)12-18(23)25-13-15-10-8-7-9-11-15/h7-11,22H,6,12-13H2,1-5H3. The summed E-state index contributed by atoms with van der Waals surface area (Å²) in [5.41, 5.74) is 3.27. The number of carbonyl (C=O) groups is 2. The third-order valence-electron chi connectivity index (χ3n) is 3.99. The lowest BCUT2D eigenvalue weighted by Crippen LogP contribution is -2.24. The maximum Gasteiger partial charge on any atom is 0.355 e. The number of esters is 2. The smallest absolute Gasteiger partial charge is 0.355 e. The van der Waals surface area contributed by atoms with Gasteiger partial charge in [0.2, 0.25) is 0 Å². The Labute approximate surface area is 154 Å². The van der Waals surface area contributed by atoms with Gasteiger partial charge < -0.3 is 14.5 Å². The Balaban J connectivity index is 2.09. The molecular formula is C21H27NO4. The van der Waals surface area contributed by atoms with E-state index in [2.05, 4.69) is 4.98 Å². The van der Waals surface area contributed by atoms with Crippen LogP contribution in [0.4, 0.5) is 0 Å². The molecule has 140 valence electrons. The molecule has 0 bridgehead atoms. The van der Waals surface area contributed by atoms with E-state index in [4.69, 9.17) is 9.47 Å². The highest BCUT2D eigenvalue weighted by atomic mass is 16.6. The first kappa shape index (κ1) is 19.8. The van der Waals surface area contributed by atoms with Gasteiger partial charge in [0, 0.05) is 5.69 Å². The fraction of sp³-hybridized carbons (Fsp3) is 0.429. The number of H-pyrrole nitrogens is 1. The molecule has 1 N–H and O–H groups in total. The molecule has 2 aromatic rings. The third kappa shape index (κ3) is 5.22. The summed E-state index contributed by atoms with van der Waals surface area (Å²) in [5.74, 6) is -0.742. The van der Waals surface area contributed by atoms with Crippen molar-refractivity contribution in [3.05, 3.63) is 58.4 Å². The van der Waals surface area contributed by atoms with Gasteiger partial charge in [-0.1, -0.05) is 37.3 Å². The number of carbonyl (C=O) groups excluding carboxylic acids is 2. The summed E-state index contributed by atoms with van der Waals surface area (Å²) < 4.78 is 10.8. The van der Waals surface area contributed by atoms with Crippen molar-refractivity contribution in [3.63, 3.8) is 0 Å². The Kier molecular flexibility index (Phi) is 6.24. The summed E-state index contributed by atoms with van der Waals surface area (Å²) in [4.78, 5) is 27.7. The van der Waals surface area contributed by atoms with Crippen LogP contribution in [0, 0.1) is 6.92 Å². The lowest BCUT2D eigenvalue weighted by molar-refractivity contribution is -0.144. The van der Waals surface area contributed by atoms with Crippen LogP contribution in [0.25, 0.3) is 0 Å². The SMILES string of the molecule is CCc1c(CC(=O)OCc2ccccc2)[nH]c(C(=O)OC(C)(C)C)c1C. The van der Waals surface area contributed by atoms with E-state index in [1.807, 2.05) is 65.0 Å². The van der Waals surface area contributed by atoms with Gasteiger partial charge in [-0.05, 0) is 50.8 Å². The van der Waals surface area contributed by atoms with Crippen molar-refractivity contribution in [2.75, 3.05) is 0 Å². The van der Waals surface area contributed by atoms with Gasteiger partial charge >= 0.3 is 11.9 Å². The molecule has 0 saturated heterocycles. The Morgan fingerprint density at radius 3 is 2.35 bits per heavy atom. The molecule has 0 aliphatic carbocycles. The van der Waals surface area contributed by atoms with Gasteiger partial charge in [-0.3, -0.25) is 4.79 Å². The minimum absolute atomic E-state index is 0.0969. The summed E-state index contributed by atoms with van der Waals surface area (Å²) in [6, 6.07) is 9.53. The molecule has 5 nitrogen and oxygen atoms in total. The summed E-state index contributed by atoms with van der Waals surface area (Å²) in [7, 11) is 0. The van der Waals surface area contributed by atoms with Gasteiger partial charge in [0.1, 0.15) is 17.9 Å². The molecule has 1 aromatic heterocycles. The van der Waals surface area contributed by atoms with E-state index in [0.29, 0.717) is 17.8 Å². The molecule has 26 heavy (non-hydrogen) atoms. The van der Waals surface area contributed by atoms with E-state index in [1.165, 1.54) is 0 Å². The van der Waals surface area contributed by atoms with Crippen LogP contribution < -0.4 is 0 Å². The van der Waals surface area contributed by atoms with Gasteiger partial charge in [0.15, 0.2) is 0 Å². The second-order valence-electron chi connectivity index (χ2n) is 7.26. The summed E-state index contributed by atoms with van der Waals surface area (Å²) >= 11 is 0. The summed E-state index contributed by atoms with van der Waals surface area (Å²) in [6.07, 6.45) is 0.812. The van der Waals surface area contributed by atoms with Crippen LogP contribution in [0.15, 0.2) is 30.3 Å². The molecule has 1 heterocycles. The molecule has 0 saturated carbocycles. The van der Waals surface area contributed by atoms with E-state index < -0.39 is 11.6 Å². The van der Waals surface area contributed by atoms with Gasteiger partial charge in [0.25, 0.3) is 0 Å². The van der Waals surface area contributed by atoms with Crippen molar-refractivity contribution in [2.24, 2.45) is 0 Å². The van der Waals surface area contributed by atoms with Crippen molar-refractivity contribution in [3.8, 4) is 0 Å². The Bertz CT molecular complexity index is 769. The highest BCUT2D eigenvalue weighted by Crippen LogP contribution is 2.22. The second kappa shape index (κ2) is 8.21. The molecule has 0 unspecified atom stereocenters. The van der Waals surface area contributed by atoms with E-state index in [9.17, 15) is 9.59 Å². The zero-order valence-electron chi connectivity index (χ0n) is 16.1. The fourth-order valence-electron chi connectivity index (χ4n) is 2.79. The first-order valence-electron chi connectivity index (χ1n) is 8.84. The van der Waals surface area contributed by atoms with E-state index in [0.717, 1.165) is 16.7 Å². The van der Waals surface area contributed by atoms with Crippen LogP contribution in [0.3, 0.4) is 0 Å². The van der Waals surface area contributed by atoms with Crippen molar-refractivity contribution in [1.82, 2.24) is 4.98 Å². The van der Waals surface area contributed by atoms with Gasteiger partial charge in [-0.15, -0.1) is 0 Å². The summed E-state index contributed by atoms with van der Waals surface area (Å²) in [5, 5.41) is 0. The molecule has 1 aromatic carbocycles. The van der Waals surface area contributed by atoms with Crippen LogP contribution >= 0.6 is 0 Å². The molecule has 0 fully saturated rings. The Morgan fingerprint density at radius 1 is 1.12 bits per heavy atom. The highest BCUT2D eigenvalue weighted by molar-refractivity contribution is 5.90. The van der Waals surface area contributed by atoms with E-state index >= 15 is 0 Å². The molecular weight excluding hydrogens is 330 g/mol. The van der Waals surface area contributed by atoms with Crippen molar-refractivity contribution < 1.29 is 19.1 Å². The molecule has 0 aliphatic rings. The zero-order valence-corrected chi connectivity index (χ0v) is 16.1. The van der Waals surface area contributed by atoms with Crippen LogP contribution in [0.1, 0.15) is 60.6 Å². The maximum absolute atomic E-state index is 12.4. The van der Waals surface area contributed by atoms with Crippen LogP contribution in [-0.4, -0.2) is 22.5 Å². The quantitative estimate of drug-likeness (QED) is 0.790. The molecule has 0 aliphatic heterocycles. The number of aromatic amines is 1. The molecule has 0 atom stereocenters. The minimum Gasteiger partial charge on any atom is -0.461 e. The van der Waals surface area contributed by atoms with Gasteiger partial charge in [-0.2, -0.15) is 0 Å². The minimum atomic E-state index is -0.574. The molecule has 0 amide bonds. The zero-order chi connectivity index (χ0) is 19.3. The van der Waals surface area contributed by atoms with Gasteiger partial charge in [0.05, 0.1) is 6.42 Å². The number of aromatic nitrogens is 1. The van der Waals surface area contributed by atoms with Crippen molar-refractivity contribution in [2.45, 2.75) is 59.7 Å². The normalized spacial score (nSPS) is 11.3. The van der Waals surface area contributed by atoms with E-state index in [-0.39, 0.29) is 19.0 Å². The number of hydrogen-bond donors (Lipinski definition) is 1. The average molecular weight is 357 g/mol. The van der Waals surface area contributed by atoms with Crippen molar-refractivity contribution in [1.29, 1.82) is 0 Å². The predicted molar refractivity (Wildman–Crippen MR) is 100 cm³/mol. The molecule has 0 spiro atoms. The Hall–Kier alpha value is -2.56. The van der Waals surface area contributed by atoms with Crippen LogP contribution in [0.5, 0.6) is 0 Å². The molecule has 0 radical (unpaired) electrons. The number of ether oxygens (including phenoxy) is 2. The number of nitrogens with one attached hydrogen (secondary N) is 1. The number of rotatable bonds is 6. The Morgan fingerprint density at radius 2 is 1.77 bits per heavy atom. The predicted octanol–water partition coefficient (Wildman–Crippen LogP) is 4.13. The lowest BCUT2D eigenvalue weighted by Gasteiger charge is -2.19. The first-order valence-corrected chi connectivity index (χ1v) is 8.84. The first-order chi connectivity index (χ1) is 12.2. The number of benzene rings is 1. The molecule has 5 heteroatoms. The van der Waals surface area contributed by atoms with Gasteiger partial charge in [-0.25, -0.2) is 4.79 Å². The maximum atomic E-state index is 12.4. The van der Waals surface area contributed by atoms with Crippen LogP contribution in [0.2, 0.25) is 0 Å². The summed E-state index contributed by atoms with van der Waals surface area (Å²) in [6.45, 7) is 9.57. The largest absolute Gasteiger partial charge is 0.461 e. The lowest BCUT2D eigenvalue weighted by atomic mass is 10.1. The third-order valence-corrected chi connectivity index (χ3v) is 3.99. The monoisotopic (exact) mass is 357 g/mol. The van der Waals surface area contributed by atoms with Crippen LogP contribution in [-0.2, 0) is 33.7 Å². The topological polar surface area (TPSA) is 68.4 Å². The number of hydrogen-bond acceptors (Lipinski definition) is 4. The highest BCUT2D eigenvalue weighted by Gasteiger charge is 2.24. The van der Waals surface area contributed by atoms with E-state index in [1.54, 1.807) is 0 Å². The molecule has 2 rings (SSSR count). The van der Waals surface area contributed by atoms with Crippen molar-refractivity contribution >= 4 is 11.9 Å².